The third-order valence-corrected chi connectivity index (χ3v) is 2.63. The van der Waals surface area contributed by atoms with Crippen molar-refractivity contribution >= 4 is 6.21 Å². The second-order valence-electron chi connectivity index (χ2n) is 3.62. The summed E-state index contributed by atoms with van der Waals surface area (Å²) in [7, 11) is 2.05. The predicted octanol–water partition coefficient (Wildman–Crippen LogP) is 2.37. The fourth-order valence-electron chi connectivity index (χ4n) is 1.76. The second kappa shape index (κ2) is 5.92. The smallest absolute Gasteiger partial charge is 0.0224 e. The molecule has 2 heteroatoms. The first-order valence-corrected chi connectivity index (χ1v) is 5.24. The van der Waals surface area contributed by atoms with Crippen LogP contribution >= 0.6 is 0 Å². The highest BCUT2D eigenvalue weighted by Gasteiger charge is 2.17. The molecule has 74 valence electrons. The maximum atomic E-state index is 4.19. The van der Waals surface area contributed by atoms with Gasteiger partial charge in [-0.05, 0) is 19.9 Å². The van der Waals surface area contributed by atoms with Gasteiger partial charge in [0.1, 0.15) is 0 Å². The minimum absolute atomic E-state index is 0.599. The van der Waals surface area contributed by atoms with Crippen LogP contribution in [0.25, 0.3) is 0 Å². The molecule has 0 bridgehead atoms. The molecule has 0 amide bonds. The average Bonchev–Trinajstić information content (AvgIpc) is 2.21. The monoisotopic (exact) mass is 180 g/mol. The third-order valence-electron chi connectivity index (χ3n) is 2.63. The summed E-state index contributed by atoms with van der Waals surface area (Å²) in [4.78, 5) is 4.19. The van der Waals surface area contributed by atoms with Gasteiger partial charge < -0.3 is 5.32 Å². The lowest BCUT2D eigenvalue weighted by atomic mass is 9.92. The van der Waals surface area contributed by atoms with E-state index in [1.807, 2.05) is 13.2 Å². The van der Waals surface area contributed by atoms with E-state index in [1.54, 1.807) is 0 Å². The van der Waals surface area contributed by atoms with Crippen molar-refractivity contribution in [2.45, 2.75) is 38.6 Å². The van der Waals surface area contributed by atoms with Crippen LogP contribution < -0.4 is 5.32 Å². The summed E-state index contributed by atoms with van der Waals surface area (Å²) in [6.45, 7) is 2.24. The number of hydrogen-bond acceptors (Lipinski definition) is 2. The van der Waals surface area contributed by atoms with Gasteiger partial charge in [-0.3, -0.25) is 4.99 Å². The SMILES string of the molecule is CCCCC(NC)C1C=NC=CC1. The van der Waals surface area contributed by atoms with E-state index < -0.39 is 0 Å². The van der Waals surface area contributed by atoms with Crippen LogP contribution in [0.1, 0.15) is 32.6 Å². The van der Waals surface area contributed by atoms with Crippen molar-refractivity contribution < 1.29 is 0 Å². The highest BCUT2D eigenvalue weighted by Crippen LogP contribution is 2.16. The van der Waals surface area contributed by atoms with E-state index in [0.29, 0.717) is 12.0 Å². The zero-order valence-corrected chi connectivity index (χ0v) is 8.66. The fraction of sp³-hybridized carbons (Fsp3) is 0.727. The fourth-order valence-corrected chi connectivity index (χ4v) is 1.76. The molecule has 0 spiro atoms. The highest BCUT2D eigenvalue weighted by atomic mass is 14.9. The van der Waals surface area contributed by atoms with E-state index in [4.69, 9.17) is 0 Å². The molecule has 1 heterocycles. The van der Waals surface area contributed by atoms with E-state index >= 15 is 0 Å². The van der Waals surface area contributed by atoms with Crippen LogP contribution in [-0.2, 0) is 0 Å². The van der Waals surface area contributed by atoms with E-state index in [9.17, 15) is 0 Å². The van der Waals surface area contributed by atoms with Crippen molar-refractivity contribution in [3.8, 4) is 0 Å². The summed E-state index contributed by atoms with van der Waals surface area (Å²) in [5, 5.41) is 3.38. The zero-order chi connectivity index (χ0) is 9.52. The molecule has 0 aromatic rings. The summed E-state index contributed by atoms with van der Waals surface area (Å²) in [5.74, 6) is 0.599. The van der Waals surface area contributed by atoms with Gasteiger partial charge in [0.05, 0.1) is 0 Å². The molecule has 2 nitrogen and oxygen atoms in total. The Kier molecular flexibility index (Phi) is 4.76. The molecule has 2 atom stereocenters. The van der Waals surface area contributed by atoms with Gasteiger partial charge in [0.15, 0.2) is 0 Å². The molecule has 0 fully saturated rings. The van der Waals surface area contributed by atoms with Crippen LogP contribution in [-0.4, -0.2) is 19.3 Å². The first-order valence-electron chi connectivity index (χ1n) is 5.24. The second-order valence-corrected chi connectivity index (χ2v) is 3.62. The number of hydrogen-bond donors (Lipinski definition) is 1. The number of aliphatic imine (C=N–C) groups is 1. The Hall–Kier alpha value is -0.630. The molecule has 1 rings (SSSR count). The Labute approximate surface area is 81.1 Å². The van der Waals surface area contributed by atoms with Crippen molar-refractivity contribution in [3.05, 3.63) is 12.3 Å². The number of unbranched alkanes of at least 4 members (excludes halogenated alkanes) is 1. The molecule has 0 saturated heterocycles. The number of allylic oxidation sites excluding steroid dienone is 1. The van der Waals surface area contributed by atoms with E-state index in [1.165, 1.54) is 19.3 Å². The van der Waals surface area contributed by atoms with E-state index in [-0.39, 0.29) is 0 Å². The topological polar surface area (TPSA) is 24.4 Å². The highest BCUT2D eigenvalue weighted by molar-refractivity contribution is 5.64. The molecular formula is C11H20N2. The molecule has 0 saturated carbocycles. The van der Waals surface area contributed by atoms with Crippen molar-refractivity contribution in [1.82, 2.24) is 5.32 Å². The standard InChI is InChI=1S/C11H20N2/c1-3-4-7-11(12-2)10-6-5-8-13-9-10/h5,8-12H,3-4,6-7H2,1-2H3. The van der Waals surface area contributed by atoms with Gasteiger partial charge in [-0.1, -0.05) is 25.8 Å². The molecule has 13 heavy (non-hydrogen) atoms. The summed E-state index contributed by atoms with van der Waals surface area (Å²) < 4.78 is 0. The van der Waals surface area contributed by atoms with Crippen LogP contribution in [0.2, 0.25) is 0 Å². The minimum atomic E-state index is 0.599. The average molecular weight is 180 g/mol. The molecule has 0 aliphatic carbocycles. The van der Waals surface area contributed by atoms with Crippen LogP contribution in [0.5, 0.6) is 0 Å². The Balaban J connectivity index is 2.36. The Morgan fingerprint density at radius 2 is 2.46 bits per heavy atom. The van der Waals surface area contributed by atoms with Crippen LogP contribution in [0.3, 0.4) is 0 Å². The summed E-state index contributed by atoms with van der Waals surface area (Å²) >= 11 is 0. The minimum Gasteiger partial charge on any atom is -0.316 e. The van der Waals surface area contributed by atoms with Gasteiger partial charge in [-0.2, -0.15) is 0 Å². The van der Waals surface area contributed by atoms with Gasteiger partial charge in [0.25, 0.3) is 0 Å². The van der Waals surface area contributed by atoms with Crippen LogP contribution in [0.4, 0.5) is 0 Å². The first-order chi connectivity index (χ1) is 6.38. The number of nitrogens with zero attached hydrogens (tertiary/aromatic N) is 1. The molecule has 0 aromatic heterocycles. The van der Waals surface area contributed by atoms with Crippen LogP contribution in [0.15, 0.2) is 17.3 Å². The molecule has 1 N–H and O–H groups in total. The Morgan fingerprint density at radius 3 is 3.00 bits per heavy atom. The van der Waals surface area contributed by atoms with Gasteiger partial charge in [-0.25, -0.2) is 0 Å². The van der Waals surface area contributed by atoms with Crippen molar-refractivity contribution in [1.29, 1.82) is 0 Å². The summed E-state index contributed by atoms with van der Waals surface area (Å²) in [6.07, 6.45) is 11.1. The van der Waals surface area contributed by atoms with Gasteiger partial charge in [0.2, 0.25) is 0 Å². The summed E-state index contributed by atoms with van der Waals surface area (Å²) in [6, 6.07) is 0.605. The number of rotatable bonds is 5. The molecule has 1 aliphatic rings. The lowest BCUT2D eigenvalue weighted by Crippen LogP contribution is -2.34. The first kappa shape index (κ1) is 10.5. The van der Waals surface area contributed by atoms with Crippen molar-refractivity contribution in [2.75, 3.05) is 7.05 Å². The predicted molar refractivity (Wildman–Crippen MR) is 58.1 cm³/mol. The van der Waals surface area contributed by atoms with Gasteiger partial charge in [0, 0.05) is 24.4 Å². The maximum Gasteiger partial charge on any atom is 0.0224 e. The lowest BCUT2D eigenvalue weighted by Gasteiger charge is -2.23. The molecular weight excluding hydrogens is 160 g/mol. The third kappa shape index (κ3) is 3.31. The molecule has 0 radical (unpaired) electrons. The normalized spacial score (nSPS) is 23.4. The van der Waals surface area contributed by atoms with E-state index in [2.05, 4.69) is 29.5 Å². The molecule has 0 aromatic carbocycles. The zero-order valence-electron chi connectivity index (χ0n) is 8.66. The Morgan fingerprint density at radius 1 is 1.62 bits per heavy atom. The molecule has 2 unspecified atom stereocenters. The van der Waals surface area contributed by atoms with Crippen LogP contribution in [0, 0.1) is 5.92 Å². The largest absolute Gasteiger partial charge is 0.316 e. The van der Waals surface area contributed by atoms with Gasteiger partial charge in [-0.15, -0.1) is 0 Å². The maximum absolute atomic E-state index is 4.19. The number of nitrogens with one attached hydrogen (secondary N) is 1. The summed E-state index contributed by atoms with van der Waals surface area (Å²) in [5.41, 5.74) is 0. The lowest BCUT2D eigenvalue weighted by molar-refractivity contribution is 0.422. The quantitative estimate of drug-likeness (QED) is 0.690. The molecule has 1 aliphatic heterocycles. The Bertz CT molecular complexity index is 185. The van der Waals surface area contributed by atoms with E-state index in [0.717, 1.165) is 6.42 Å². The van der Waals surface area contributed by atoms with Crippen molar-refractivity contribution in [3.63, 3.8) is 0 Å². The van der Waals surface area contributed by atoms with Gasteiger partial charge >= 0.3 is 0 Å². The van der Waals surface area contributed by atoms with Crippen molar-refractivity contribution in [2.24, 2.45) is 10.9 Å².